The van der Waals surface area contributed by atoms with Gasteiger partial charge in [-0.1, -0.05) is 45.8 Å². The van der Waals surface area contributed by atoms with Gasteiger partial charge in [-0.2, -0.15) is 23.3 Å². The molecule has 3 rings (SSSR count). The largest absolute Gasteiger partial charge is 0.450 e. The summed E-state index contributed by atoms with van der Waals surface area (Å²) in [6.07, 6.45) is -4.73. The van der Waals surface area contributed by atoms with E-state index < -0.39 is 12.0 Å². The summed E-state index contributed by atoms with van der Waals surface area (Å²) in [5.41, 5.74) is 4.07. The van der Waals surface area contributed by atoms with Gasteiger partial charge in [0.2, 0.25) is 10.9 Å². The molecule has 0 spiro atoms. The fraction of sp³-hybridized carbons (Fsp3) is 0.118. The number of hydrogen-bond acceptors (Lipinski definition) is 3. The number of anilines is 1. The summed E-state index contributed by atoms with van der Waals surface area (Å²) >= 11 is 8.16. The van der Waals surface area contributed by atoms with Crippen molar-refractivity contribution >= 4 is 50.6 Å². The Morgan fingerprint density at radius 2 is 1.65 bits per heavy atom. The minimum atomic E-state index is -4.73. The van der Waals surface area contributed by atoms with Gasteiger partial charge in [-0.15, -0.1) is 0 Å². The van der Waals surface area contributed by atoms with Crippen LogP contribution in [0.15, 0.2) is 63.1 Å². The molecular weight excluding hydrogens is 429 g/mol. The minimum absolute atomic E-state index is 0.0391. The van der Waals surface area contributed by atoms with Gasteiger partial charge >= 0.3 is 6.18 Å². The van der Waals surface area contributed by atoms with Gasteiger partial charge < -0.3 is 0 Å². The maximum Gasteiger partial charge on any atom is 0.450 e. The van der Waals surface area contributed by atoms with E-state index in [-0.39, 0.29) is 16.6 Å². The van der Waals surface area contributed by atoms with Crippen molar-refractivity contribution in [3.63, 3.8) is 0 Å². The third kappa shape index (κ3) is 3.94. The maximum atomic E-state index is 13.7. The quantitative estimate of drug-likeness (QED) is 0.683. The molecule has 1 N–H and O–H groups in total. The Kier molecular flexibility index (Phi) is 5.10. The van der Waals surface area contributed by atoms with E-state index in [1.165, 1.54) is 0 Å². The van der Waals surface area contributed by atoms with Crippen LogP contribution in [-0.2, 0) is 0 Å². The number of halogens is 4. The second-order valence-electron chi connectivity index (χ2n) is 5.46. The van der Waals surface area contributed by atoms with Gasteiger partial charge in [0, 0.05) is 15.7 Å². The summed E-state index contributed by atoms with van der Waals surface area (Å²) in [6.45, 7) is 1.85. The van der Waals surface area contributed by atoms with Crippen molar-refractivity contribution in [2.45, 2.75) is 13.1 Å². The monoisotopic (exact) mass is 440 g/mol. The molecule has 0 saturated carbocycles. The number of thiocarbonyl (C=S) groups is 1. The molecule has 2 aromatic rings. The van der Waals surface area contributed by atoms with E-state index in [4.69, 9.17) is 12.2 Å². The Bertz CT molecular complexity index is 890. The van der Waals surface area contributed by atoms with E-state index in [2.05, 4.69) is 31.4 Å². The molecule has 1 heterocycles. The fourth-order valence-corrected chi connectivity index (χ4v) is 2.74. The zero-order chi connectivity index (χ0) is 18.9. The average molecular weight is 441 g/mol. The van der Waals surface area contributed by atoms with Crippen LogP contribution in [0.25, 0.3) is 0 Å². The molecule has 134 valence electrons. The van der Waals surface area contributed by atoms with Gasteiger partial charge in [-0.25, -0.2) is 5.43 Å². The molecular formula is C17H12BrF3N4S. The first-order chi connectivity index (χ1) is 12.3. The summed E-state index contributed by atoms with van der Waals surface area (Å²) in [5.74, 6) is -1.12. The molecule has 0 aliphatic carbocycles. The number of amidine groups is 2. The predicted octanol–water partition coefficient (Wildman–Crippen LogP) is 4.77. The molecule has 0 fully saturated rings. The van der Waals surface area contributed by atoms with Crippen molar-refractivity contribution in [1.82, 2.24) is 5.43 Å². The van der Waals surface area contributed by atoms with Crippen molar-refractivity contribution in [2.24, 2.45) is 10.1 Å². The molecule has 2 aromatic carbocycles. The fourth-order valence-electron chi connectivity index (χ4n) is 2.34. The van der Waals surface area contributed by atoms with E-state index in [1.807, 2.05) is 6.92 Å². The summed E-state index contributed by atoms with van der Waals surface area (Å²) in [5, 5.41) is 3.71. The van der Waals surface area contributed by atoms with Crippen LogP contribution < -0.4 is 10.3 Å². The first-order valence-electron chi connectivity index (χ1n) is 7.42. The van der Waals surface area contributed by atoms with Crippen LogP contribution in [0.3, 0.4) is 0 Å². The zero-order valence-electron chi connectivity index (χ0n) is 13.4. The van der Waals surface area contributed by atoms with Gasteiger partial charge in [-0.3, -0.25) is 4.90 Å². The molecule has 1 aliphatic heterocycles. The Morgan fingerprint density at radius 3 is 2.23 bits per heavy atom. The van der Waals surface area contributed by atoms with Crippen molar-refractivity contribution in [3.05, 3.63) is 64.1 Å². The van der Waals surface area contributed by atoms with E-state index in [1.54, 1.807) is 48.5 Å². The molecule has 0 bridgehead atoms. The first-order valence-corrected chi connectivity index (χ1v) is 8.62. The summed E-state index contributed by atoms with van der Waals surface area (Å²) in [6, 6.07) is 13.4. The Hall–Kier alpha value is -2.26. The standard InChI is InChI=1S/C17H12BrF3N4S/c1-10-2-8-13(9-3-10)25-14(11-4-6-12(18)7-5-11)23-24-16(26)22-15(25)17(19,20)21/h2-9H,1H3,(H,24,26). The number of hydrogen-bond donors (Lipinski definition) is 1. The lowest BCUT2D eigenvalue weighted by atomic mass is 10.1. The van der Waals surface area contributed by atoms with Crippen LogP contribution >= 0.6 is 28.1 Å². The lowest BCUT2D eigenvalue weighted by Crippen LogP contribution is -2.45. The average Bonchev–Trinajstić information content (AvgIpc) is 2.75. The zero-order valence-corrected chi connectivity index (χ0v) is 15.8. The normalized spacial score (nSPS) is 15.1. The molecule has 0 saturated heterocycles. The Balaban J connectivity index is 2.22. The van der Waals surface area contributed by atoms with Crippen LogP contribution in [0.5, 0.6) is 0 Å². The summed E-state index contributed by atoms with van der Waals surface area (Å²) in [7, 11) is 0. The second kappa shape index (κ2) is 7.16. The van der Waals surface area contributed by atoms with Gasteiger partial charge in [0.15, 0.2) is 5.84 Å². The number of alkyl halides is 3. The molecule has 0 aromatic heterocycles. The van der Waals surface area contributed by atoms with Gasteiger partial charge in [0.05, 0.1) is 0 Å². The highest BCUT2D eigenvalue weighted by Gasteiger charge is 2.43. The first kappa shape index (κ1) is 18.5. The van der Waals surface area contributed by atoms with E-state index in [0.29, 0.717) is 5.56 Å². The van der Waals surface area contributed by atoms with Gasteiger partial charge in [0.25, 0.3) is 0 Å². The third-order valence-corrected chi connectivity index (χ3v) is 4.25. The van der Waals surface area contributed by atoms with Crippen molar-refractivity contribution in [1.29, 1.82) is 0 Å². The number of nitrogens with one attached hydrogen (secondary N) is 1. The third-order valence-electron chi connectivity index (χ3n) is 3.54. The van der Waals surface area contributed by atoms with Crippen molar-refractivity contribution in [3.8, 4) is 0 Å². The highest BCUT2D eigenvalue weighted by atomic mass is 79.9. The van der Waals surface area contributed by atoms with Gasteiger partial charge in [0.1, 0.15) is 0 Å². The number of rotatable bonds is 2. The molecule has 0 atom stereocenters. The summed E-state index contributed by atoms with van der Waals surface area (Å²) < 4.78 is 42.0. The summed E-state index contributed by atoms with van der Waals surface area (Å²) in [4.78, 5) is 4.49. The van der Waals surface area contributed by atoms with Crippen molar-refractivity contribution < 1.29 is 13.2 Å². The number of nitrogens with zero attached hydrogens (tertiary/aromatic N) is 3. The van der Waals surface area contributed by atoms with E-state index in [0.717, 1.165) is 14.9 Å². The predicted molar refractivity (Wildman–Crippen MR) is 104 cm³/mol. The van der Waals surface area contributed by atoms with Crippen LogP contribution in [0, 0.1) is 6.92 Å². The molecule has 9 heteroatoms. The molecule has 1 aliphatic rings. The molecule has 26 heavy (non-hydrogen) atoms. The van der Waals surface area contributed by atoms with Crippen LogP contribution in [0.2, 0.25) is 0 Å². The van der Waals surface area contributed by atoms with E-state index >= 15 is 0 Å². The second-order valence-corrected chi connectivity index (χ2v) is 6.77. The van der Waals surface area contributed by atoms with Gasteiger partial charge in [-0.05, 0) is 43.4 Å². The van der Waals surface area contributed by atoms with E-state index in [9.17, 15) is 13.2 Å². The van der Waals surface area contributed by atoms with Crippen molar-refractivity contribution in [2.75, 3.05) is 4.90 Å². The Morgan fingerprint density at radius 1 is 1.04 bits per heavy atom. The SMILES string of the molecule is Cc1ccc(N2C(c3ccc(Br)cc3)=NNC(=S)N=C2C(F)(F)F)cc1. The topological polar surface area (TPSA) is 40.0 Å². The smallest absolute Gasteiger partial charge is 0.273 e. The number of benzene rings is 2. The molecule has 0 amide bonds. The Labute approximate surface area is 161 Å². The highest BCUT2D eigenvalue weighted by Crippen LogP contribution is 2.28. The minimum Gasteiger partial charge on any atom is -0.273 e. The van der Waals surface area contributed by atoms with Crippen LogP contribution in [0.1, 0.15) is 11.1 Å². The molecule has 0 unspecified atom stereocenters. The lowest BCUT2D eigenvalue weighted by Gasteiger charge is -2.27. The molecule has 0 radical (unpaired) electrons. The number of hydrazone groups is 1. The number of aryl methyl sites for hydroxylation is 1. The maximum absolute atomic E-state index is 13.7. The lowest BCUT2D eigenvalue weighted by molar-refractivity contribution is -0.0594. The van der Waals surface area contributed by atoms with Crippen LogP contribution in [-0.4, -0.2) is 23.0 Å². The highest BCUT2D eigenvalue weighted by molar-refractivity contribution is 9.10. The molecule has 4 nitrogen and oxygen atoms in total. The number of aliphatic imine (C=N–C) groups is 1. The van der Waals surface area contributed by atoms with Crippen LogP contribution in [0.4, 0.5) is 18.9 Å².